The van der Waals surface area contributed by atoms with Crippen molar-refractivity contribution in [2.45, 2.75) is 20.3 Å². The summed E-state index contributed by atoms with van der Waals surface area (Å²) in [6.45, 7) is 4.25. The molecule has 0 aliphatic rings. The molecule has 1 N–H and O–H groups in total. The first kappa shape index (κ1) is 13.3. The van der Waals surface area contributed by atoms with E-state index in [-0.39, 0.29) is 5.56 Å². The zero-order valence-corrected chi connectivity index (χ0v) is 11.3. The molecule has 0 amide bonds. The second-order valence-corrected chi connectivity index (χ2v) is 4.96. The zero-order valence-electron chi connectivity index (χ0n) is 11.3. The van der Waals surface area contributed by atoms with Crippen LogP contribution in [-0.2, 0) is 13.5 Å². The van der Waals surface area contributed by atoms with Crippen molar-refractivity contribution in [1.29, 1.82) is 0 Å². The SMILES string of the molecule is CC(C)Cc1nc(-c2ccc(C(=O)O)cc2)n(C)n1. The number of benzene rings is 1. The van der Waals surface area contributed by atoms with Crippen molar-refractivity contribution in [3.63, 3.8) is 0 Å². The van der Waals surface area contributed by atoms with Crippen molar-refractivity contribution in [2.75, 3.05) is 0 Å². The van der Waals surface area contributed by atoms with Crippen LogP contribution in [0.2, 0.25) is 0 Å². The summed E-state index contributed by atoms with van der Waals surface area (Å²) in [7, 11) is 1.84. The molecule has 19 heavy (non-hydrogen) atoms. The third-order valence-corrected chi connectivity index (χ3v) is 2.79. The summed E-state index contributed by atoms with van der Waals surface area (Å²) in [4.78, 5) is 15.3. The Morgan fingerprint density at radius 2 is 1.95 bits per heavy atom. The van der Waals surface area contributed by atoms with Crippen molar-refractivity contribution < 1.29 is 9.90 Å². The summed E-state index contributed by atoms with van der Waals surface area (Å²) in [5.41, 5.74) is 1.14. The predicted octanol–water partition coefficient (Wildman–Crippen LogP) is 2.38. The molecule has 0 aliphatic heterocycles. The number of rotatable bonds is 4. The molecule has 100 valence electrons. The quantitative estimate of drug-likeness (QED) is 0.915. The fourth-order valence-corrected chi connectivity index (χ4v) is 1.90. The Morgan fingerprint density at radius 1 is 1.32 bits per heavy atom. The van der Waals surface area contributed by atoms with Crippen LogP contribution in [0.3, 0.4) is 0 Å². The molecule has 1 aromatic heterocycles. The Bertz CT molecular complexity index is 585. The molecular formula is C14H17N3O2. The second-order valence-electron chi connectivity index (χ2n) is 4.96. The maximum atomic E-state index is 10.8. The zero-order chi connectivity index (χ0) is 14.0. The van der Waals surface area contributed by atoms with Gasteiger partial charge >= 0.3 is 5.97 Å². The van der Waals surface area contributed by atoms with Gasteiger partial charge in [-0.25, -0.2) is 14.5 Å². The van der Waals surface area contributed by atoms with Crippen LogP contribution in [0.5, 0.6) is 0 Å². The number of carbonyl (C=O) groups is 1. The molecule has 2 aromatic rings. The Morgan fingerprint density at radius 3 is 2.47 bits per heavy atom. The van der Waals surface area contributed by atoms with Gasteiger partial charge in [-0.1, -0.05) is 26.0 Å². The van der Waals surface area contributed by atoms with E-state index in [2.05, 4.69) is 23.9 Å². The van der Waals surface area contributed by atoms with Gasteiger partial charge < -0.3 is 5.11 Å². The molecule has 0 spiro atoms. The van der Waals surface area contributed by atoms with Gasteiger partial charge in [0.25, 0.3) is 0 Å². The first-order chi connectivity index (χ1) is 8.97. The maximum absolute atomic E-state index is 10.8. The minimum atomic E-state index is -0.926. The smallest absolute Gasteiger partial charge is 0.335 e. The highest BCUT2D eigenvalue weighted by molar-refractivity contribution is 5.88. The third kappa shape index (κ3) is 2.99. The molecule has 1 heterocycles. The number of aromatic carboxylic acids is 1. The van der Waals surface area contributed by atoms with Crippen molar-refractivity contribution >= 4 is 5.97 Å². The highest BCUT2D eigenvalue weighted by Crippen LogP contribution is 2.18. The Balaban J connectivity index is 2.30. The van der Waals surface area contributed by atoms with E-state index >= 15 is 0 Å². The van der Waals surface area contributed by atoms with Gasteiger partial charge in [0.15, 0.2) is 11.6 Å². The van der Waals surface area contributed by atoms with Gasteiger partial charge in [0.05, 0.1) is 5.56 Å². The van der Waals surface area contributed by atoms with E-state index in [1.807, 2.05) is 7.05 Å². The molecule has 0 saturated carbocycles. The van der Waals surface area contributed by atoms with Crippen LogP contribution in [0.1, 0.15) is 30.0 Å². The Labute approximate surface area is 111 Å². The van der Waals surface area contributed by atoms with Gasteiger partial charge in [0.1, 0.15) is 0 Å². The van der Waals surface area contributed by atoms with Crippen molar-refractivity contribution in [2.24, 2.45) is 13.0 Å². The summed E-state index contributed by atoms with van der Waals surface area (Å²) < 4.78 is 1.73. The van der Waals surface area contributed by atoms with Crippen LogP contribution in [0.25, 0.3) is 11.4 Å². The van der Waals surface area contributed by atoms with E-state index in [1.54, 1.807) is 28.9 Å². The maximum Gasteiger partial charge on any atom is 0.335 e. The highest BCUT2D eigenvalue weighted by atomic mass is 16.4. The molecule has 2 rings (SSSR count). The molecule has 0 bridgehead atoms. The lowest BCUT2D eigenvalue weighted by molar-refractivity contribution is 0.0697. The topological polar surface area (TPSA) is 68.0 Å². The molecular weight excluding hydrogens is 242 g/mol. The molecule has 1 aromatic carbocycles. The van der Waals surface area contributed by atoms with Crippen LogP contribution in [0, 0.1) is 5.92 Å². The van der Waals surface area contributed by atoms with Gasteiger partial charge in [-0.3, -0.25) is 0 Å². The van der Waals surface area contributed by atoms with Gasteiger partial charge in [-0.15, -0.1) is 0 Å². The van der Waals surface area contributed by atoms with E-state index < -0.39 is 5.97 Å². The number of nitrogens with zero attached hydrogens (tertiary/aromatic N) is 3. The van der Waals surface area contributed by atoms with Gasteiger partial charge in [0.2, 0.25) is 0 Å². The highest BCUT2D eigenvalue weighted by Gasteiger charge is 2.11. The summed E-state index contributed by atoms with van der Waals surface area (Å²) >= 11 is 0. The number of hydrogen-bond acceptors (Lipinski definition) is 3. The fourth-order valence-electron chi connectivity index (χ4n) is 1.90. The van der Waals surface area contributed by atoms with Crippen LogP contribution in [0.4, 0.5) is 0 Å². The largest absolute Gasteiger partial charge is 0.478 e. The Hall–Kier alpha value is -2.17. The lowest BCUT2D eigenvalue weighted by atomic mass is 10.1. The molecule has 0 aliphatic carbocycles. The monoisotopic (exact) mass is 259 g/mol. The molecule has 5 heteroatoms. The van der Waals surface area contributed by atoms with E-state index in [4.69, 9.17) is 5.11 Å². The average molecular weight is 259 g/mol. The molecule has 0 atom stereocenters. The molecule has 0 saturated heterocycles. The number of aryl methyl sites for hydroxylation is 1. The van der Waals surface area contributed by atoms with Gasteiger partial charge in [0, 0.05) is 19.0 Å². The van der Waals surface area contributed by atoms with Crippen LogP contribution in [0.15, 0.2) is 24.3 Å². The first-order valence-corrected chi connectivity index (χ1v) is 6.21. The van der Waals surface area contributed by atoms with Crippen LogP contribution < -0.4 is 0 Å². The van der Waals surface area contributed by atoms with Crippen molar-refractivity contribution in [3.8, 4) is 11.4 Å². The number of carboxylic acid groups (broad SMARTS) is 1. The van der Waals surface area contributed by atoms with E-state index in [9.17, 15) is 4.79 Å². The predicted molar refractivity (Wildman–Crippen MR) is 71.9 cm³/mol. The van der Waals surface area contributed by atoms with Gasteiger partial charge in [-0.2, -0.15) is 5.10 Å². The second kappa shape index (κ2) is 5.22. The molecule has 5 nitrogen and oxygen atoms in total. The minimum absolute atomic E-state index is 0.272. The number of hydrogen-bond donors (Lipinski definition) is 1. The number of carboxylic acids is 1. The minimum Gasteiger partial charge on any atom is -0.478 e. The summed E-state index contributed by atoms with van der Waals surface area (Å²) in [5, 5.41) is 13.2. The first-order valence-electron chi connectivity index (χ1n) is 6.21. The molecule has 0 unspecified atom stereocenters. The summed E-state index contributed by atoms with van der Waals surface area (Å²) in [6.07, 6.45) is 0.834. The number of aromatic nitrogens is 3. The van der Waals surface area contributed by atoms with Gasteiger partial charge in [-0.05, 0) is 18.1 Å². The lowest BCUT2D eigenvalue weighted by Crippen LogP contribution is -1.98. The summed E-state index contributed by atoms with van der Waals surface area (Å²) in [5.74, 6) is 1.15. The van der Waals surface area contributed by atoms with E-state index in [1.165, 1.54) is 0 Å². The lowest BCUT2D eigenvalue weighted by Gasteiger charge is -2.00. The normalized spacial score (nSPS) is 10.9. The molecule has 0 fully saturated rings. The van der Waals surface area contributed by atoms with Crippen molar-refractivity contribution in [3.05, 3.63) is 35.7 Å². The average Bonchev–Trinajstić information content (AvgIpc) is 2.69. The standard InChI is InChI=1S/C14H17N3O2/c1-9(2)8-12-15-13(17(3)16-12)10-4-6-11(7-5-10)14(18)19/h4-7,9H,8H2,1-3H3,(H,18,19). The van der Waals surface area contributed by atoms with E-state index in [0.717, 1.165) is 23.6 Å². The van der Waals surface area contributed by atoms with E-state index in [0.29, 0.717) is 5.92 Å². The fraction of sp³-hybridized carbons (Fsp3) is 0.357. The summed E-state index contributed by atoms with van der Waals surface area (Å²) in [6, 6.07) is 6.67. The molecule has 0 radical (unpaired) electrons. The van der Waals surface area contributed by atoms with Crippen LogP contribution in [-0.4, -0.2) is 25.8 Å². The van der Waals surface area contributed by atoms with Crippen LogP contribution >= 0.6 is 0 Å². The Kier molecular flexibility index (Phi) is 3.64. The van der Waals surface area contributed by atoms with Crippen molar-refractivity contribution in [1.82, 2.24) is 14.8 Å². The third-order valence-electron chi connectivity index (χ3n) is 2.79.